The molecule has 39 heavy (non-hydrogen) atoms. The molecule has 2 saturated carbocycles. The number of benzene rings is 2. The largest absolute Gasteiger partial charge is 0.493 e. The predicted molar refractivity (Wildman–Crippen MR) is 148 cm³/mol. The van der Waals surface area contributed by atoms with Crippen molar-refractivity contribution >= 4 is 11.7 Å². The number of hydrogen-bond acceptors (Lipinski definition) is 6. The van der Waals surface area contributed by atoms with Crippen LogP contribution in [0.3, 0.4) is 0 Å². The normalized spacial score (nSPS) is 24.1. The maximum atomic E-state index is 13.7. The Kier molecular flexibility index (Phi) is 7.36. The first-order chi connectivity index (χ1) is 19.0. The van der Waals surface area contributed by atoms with Crippen LogP contribution in [0.4, 0.5) is 4.39 Å². The summed E-state index contributed by atoms with van der Waals surface area (Å²) >= 11 is 0. The van der Waals surface area contributed by atoms with Crippen molar-refractivity contribution in [2.75, 3.05) is 26.8 Å². The fourth-order valence-electron chi connectivity index (χ4n) is 6.66. The summed E-state index contributed by atoms with van der Waals surface area (Å²) < 4.78 is 24.9. The Morgan fingerprint density at radius 1 is 1.08 bits per heavy atom. The number of rotatable bonds is 9. The molecule has 208 valence electrons. The lowest BCUT2D eigenvalue weighted by molar-refractivity contribution is -0.146. The van der Waals surface area contributed by atoms with Crippen molar-refractivity contribution in [2.45, 2.75) is 76.4 Å². The number of methoxy groups -OCH3 is 1. The van der Waals surface area contributed by atoms with E-state index in [0.717, 1.165) is 75.0 Å². The molecule has 2 aromatic carbocycles. The SMILES string of the molecule is CCCOc1cc(CN2CC3(CC(C4CCC(C(=O)OC)CC4)=NO3)C2)cc(C2CC2)c1-c1ccc(F)cc1. The van der Waals surface area contributed by atoms with Crippen molar-refractivity contribution in [2.24, 2.45) is 17.0 Å². The van der Waals surface area contributed by atoms with Crippen LogP contribution in [-0.4, -0.2) is 49.0 Å². The summed E-state index contributed by atoms with van der Waals surface area (Å²) in [5.41, 5.74) is 5.68. The number of halogens is 1. The Labute approximate surface area is 230 Å². The molecular weight excluding hydrogens is 495 g/mol. The monoisotopic (exact) mass is 534 g/mol. The second-order valence-corrected chi connectivity index (χ2v) is 11.9. The molecule has 3 fully saturated rings. The van der Waals surface area contributed by atoms with E-state index in [0.29, 0.717) is 18.4 Å². The molecule has 7 heteroatoms. The van der Waals surface area contributed by atoms with Gasteiger partial charge in [-0.2, -0.15) is 0 Å². The summed E-state index contributed by atoms with van der Waals surface area (Å²) in [7, 11) is 1.47. The molecule has 4 aliphatic rings. The van der Waals surface area contributed by atoms with E-state index in [1.165, 1.54) is 48.9 Å². The highest BCUT2D eigenvalue weighted by Gasteiger charge is 2.51. The minimum atomic E-state index is -0.221. The van der Waals surface area contributed by atoms with Gasteiger partial charge in [0.2, 0.25) is 0 Å². The van der Waals surface area contributed by atoms with Crippen LogP contribution >= 0.6 is 0 Å². The van der Waals surface area contributed by atoms with E-state index >= 15 is 0 Å². The topological polar surface area (TPSA) is 60.4 Å². The third-order valence-electron chi connectivity index (χ3n) is 8.83. The lowest BCUT2D eigenvalue weighted by atomic mass is 9.76. The van der Waals surface area contributed by atoms with Crippen LogP contribution in [0.1, 0.15) is 75.3 Å². The molecule has 0 atom stereocenters. The molecule has 2 aliphatic heterocycles. The van der Waals surface area contributed by atoms with E-state index < -0.39 is 0 Å². The molecule has 1 saturated heterocycles. The fourth-order valence-corrected chi connectivity index (χ4v) is 6.66. The smallest absolute Gasteiger partial charge is 0.308 e. The Bertz CT molecular complexity index is 1230. The predicted octanol–water partition coefficient (Wildman–Crippen LogP) is 6.47. The molecule has 2 aliphatic carbocycles. The van der Waals surface area contributed by atoms with Gasteiger partial charge in [-0.1, -0.05) is 30.3 Å². The Hall–Kier alpha value is -2.93. The quantitative estimate of drug-likeness (QED) is 0.345. The Morgan fingerprint density at radius 3 is 2.46 bits per heavy atom. The number of hydrogen-bond donors (Lipinski definition) is 0. The van der Waals surface area contributed by atoms with E-state index in [4.69, 9.17) is 14.3 Å². The molecule has 6 rings (SSSR count). The number of esters is 1. The molecule has 0 amide bonds. The highest BCUT2D eigenvalue weighted by molar-refractivity contribution is 5.89. The van der Waals surface area contributed by atoms with Crippen molar-refractivity contribution in [3.63, 3.8) is 0 Å². The lowest BCUT2D eigenvalue weighted by Gasteiger charge is -2.45. The first-order valence-electron chi connectivity index (χ1n) is 14.6. The van der Waals surface area contributed by atoms with Gasteiger partial charge in [-0.05, 0) is 85.8 Å². The maximum absolute atomic E-state index is 13.7. The maximum Gasteiger partial charge on any atom is 0.308 e. The molecule has 2 aromatic rings. The molecule has 0 radical (unpaired) electrons. The highest BCUT2D eigenvalue weighted by Crippen LogP contribution is 2.49. The van der Waals surface area contributed by atoms with Crippen LogP contribution < -0.4 is 4.74 Å². The van der Waals surface area contributed by atoms with Crippen LogP contribution in [0.25, 0.3) is 11.1 Å². The van der Waals surface area contributed by atoms with Crippen LogP contribution in [0.15, 0.2) is 41.6 Å². The van der Waals surface area contributed by atoms with Gasteiger partial charge in [-0.15, -0.1) is 0 Å². The number of carbonyl (C=O) groups is 1. The minimum Gasteiger partial charge on any atom is -0.493 e. The average Bonchev–Trinajstić information content (AvgIpc) is 3.70. The molecule has 0 aromatic heterocycles. The highest BCUT2D eigenvalue weighted by atomic mass is 19.1. The second-order valence-electron chi connectivity index (χ2n) is 11.9. The molecule has 6 nitrogen and oxygen atoms in total. The number of carbonyl (C=O) groups excluding carboxylic acids is 1. The van der Waals surface area contributed by atoms with Crippen LogP contribution in [0.2, 0.25) is 0 Å². The third kappa shape index (κ3) is 5.56. The zero-order valence-electron chi connectivity index (χ0n) is 23.1. The van der Waals surface area contributed by atoms with E-state index in [1.54, 1.807) is 0 Å². The third-order valence-corrected chi connectivity index (χ3v) is 8.83. The molecule has 0 bridgehead atoms. The molecule has 2 heterocycles. The molecular formula is C32H39FN2O4. The molecule has 0 N–H and O–H groups in total. The van der Waals surface area contributed by atoms with Crippen LogP contribution in [0.5, 0.6) is 5.75 Å². The zero-order chi connectivity index (χ0) is 27.0. The van der Waals surface area contributed by atoms with Crippen LogP contribution in [-0.2, 0) is 20.9 Å². The van der Waals surface area contributed by atoms with Gasteiger partial charge >= 0.3 is 5.97 Å². The van der Waals surface area contributed by atoms with E-state index in [2.05, 4.69) is 29.1 Å². The van der Waals surface area contributed by atoms with Gasteiger partial charge < -0.3 is 14.3 Å². The summed E-state index contributed by atoms with van der Waals surface area (Å²) in [4.78, 5) is 20.3. The van der Waals surface area contributed by atoms with Gasteiger partial charge in [0.25, 0.3) is 0 Å². The minimum absolute atomic E-state index is 0.0310. The Balaban J connectivity index is 1.11. The van der Waals surface area contributed by atoms with Gasteiger partial charge in [-0.3, -0.25) is 9.69 Å². The van der Waals surface area contributed by atoms with Crippen molar-refractivity contribution in [3.05, 3.63) is 53.3 Å². The Morgan fingerprint density at radius 2 is 1.79 bits per heavy atom. The van der Waals surface area contributed by atoms with Crippen molar-refractivity contribution in [1.29, 1.82) is 0 Å². The summed E-state index contributed by atoms with van der Waals surface area (Å²) in [6, 6.07) is 11.3. The first kappa shape index (κ1) is 26.3. The summed E-state index contributed by atoms with van der Waals surface area (Å²) in [5.74, 6) is 1.59. The van der Waals surface area contributed by atoms with Gasteiger partial charge in [-0.25, -0.2) is 4.39 Å². The lowest BCUT2D eigenvalue weighted by Crippen LogP contribution is -2.61. The second kappa shape index (κ2) is 10.9. The van der Waals surface area contributed by atoms with Gasteiger partial charge in [0.15, 0.2) is 5.60 Å². The van der Waals surface area contributed by atoms with Gasteiger partial charge in [0, 0.05) is 37.5 Å². The average molecular weight is 535 g/mol. The van der Waals surface area contributed by atoms with Crippen molar-refractivity contribution in [1.82, 2.24) is 4.90 Å². The number of oxime groups is 1. The van der Waals surface area contributed by atoms with E-state index in [1.807, 2.05) is 12.1 Å². The van der Waals surface area contributed by atoms with Crippen LogP contribution in [0, 0.1) is 17.7 Å². The number of nitrogens with zero attached hydrogens (tertiary/aromatic N) is 2. The van der Waals surface area contributed by atoms with Gasteiger partial charge in [0.05, 0.1) is 25.3 Å². The summed E-state index contributed by atoms with van der Waals surface area (Å²) in [5, 5.41) is 4.54. The van der Waals surface area contributed by atoms with Crippen molar-refractivity contribution in [3.8, 4) is 16.9 Å². The molecule has 0 unspecified atom stereocenters. The standard InChI is InChI=1S/C32H39FN2O4/c1-3-14-38-29-16-21(15-27(22-4-5-22)30(29)24-10-12-26(33)13-11-24)18-35-19-32(20-35)17-28(34-39-32)23-6-8-25(9-7-23)31(36)37-2/h10-13,15-16,22-23,25H,3-9,14,17-20H2,1-2H3. The number of ether oxygens (including phenoxy) is 2. The summed E-state index contributed by atoms with van der Waals surface area (Å²) in [6.45, 7) is 5.34. The van der Waals surface area contributed by atoms with Crippen molar-refractivity contribution < 1.29 is 23.5 Å². The fraction of sp³-hybridized carbons (Fsp3) is 0.562. The van der Waals surface area contributed by atoms with E-state index in [9.17, 15) is 9.18 Å². The zero-order valence-corrected chi connectivity index (χ0v) is 23.1. The summed E-state index contributed by atoms with van der Waals surface area (Å²) in [6.07, 6.45) is 7.90. The number of likely N-dealkylation sites (tertiary alicyclic amines) is 1. The van der Waals surface area contributed by atoms with Gasteiger partial charge in [0.1, 0.15) is 11.6 Å². The van der Waals surface area contributed by atoms with E-state index in [-0.39, 0.29) is 23.3 Å². The first-order valence-corrected chi connectivity index (χ1v) is 14.6. The molecule has 1 spiro atoms.